The normalized spacial score (nSPS) is 11.0. The fourth-order valence-corrected chi connectivity index (χ4v) is 4.38. The van der Waals surface area contributed by atoms with Crippen LogP contribution < -0.4 is 15.0 Å². The van der Waals surface area contributed by atoms with Crippen molar-refractivity contribution in [2.45, 2.75) is 24.8 Å². The number of hydrogen-bond donors (Lipinski definition) is 0. The van der Waals surface area contributed by atoms with Crippen molar-refractivity contribution >= 4 is 22.7 Å². The van der Waals surface area contributed by atoms with E-state index in [1.165, 1.54) is 28.5 Å². The van der Waals surface area contributed by atoms with Gasteiger partial charge in [-0.05, 0) is 54.8 Å². The van der Waals surface area contributed by atoms with E-state index >= 15 is 0 Å². The van der Waals surface area contributed by atoms with E-state index in [1.807, 2.05) is 30.3 Å². The van der Waals surface area contributed by atoms with Crippen LogP contribution in [0.5, 0.6) is 11.5 Å². The molecule has 4 rings (SSSR count). The van der Waals surface area contributed by atoms with Gasteiger partial charge in [-0.1, -0.05) is 42.1 Å². The second-order valence-corrected chi connectivity index (χ2v) is 8.24. The molecule has 0 radical (unpaired) electrons. The molecule has 0 N–H and O–H groups in total. The van der Waals surface area contributed by atoms with Crippen molar-refractivity contribution in [1.82, 2.24) is 9.55 Å². The summed E-state index contributed by atoms with van der Waals surface area (Å²) in [6.07, 6.45) is 0. The van der Waals surface area contributed by atoms with E-state index < -0.39 is 0 Å². The van der Waals surface area contributed by atoms with E-state index in [9.17, 15) is 4.79 Å². The Labute approximate surface area is 185 Å². The first kappa shape index (κ1) is 21.0. The first-order valence-electron chi connectivity index (χ1n) is 9.95. The zero-order chi connectivity index (χ0) is 22.0. The number of hydrogen-bond acceptors (Lipinski definition) is 5. The van der Waals surface area contributed by atoms with Crippen LogP contribution in [-0.2, 0) is 5.75 Å². The maximum atomic E-state index is 13.5. The summed E-state index contributed by atoms with van der Waals surface area (Å²) in [5.74, 6) is 1.91. The molecule has 31 heavy (non-hydrogen) atoms. The first-order valence-corrected chi connectivity index (χ1v) is 10.9. The van der Waals surface area contributed by atoms with E-state index in [2.05, 4.69) is 32.0 Å². The molecule has 0 spiro atoms. The number of rotatable bonds is 6. The summed E-state index contributed by atoms with van der Waals surface area (Å²) in [6, 6.07) is 19.3. The Morgan fingerprint density at radius 1 is 0.935 bits per heavy atom. The Balaban J connectivity index is 1.86. The Morgan fingerprint density at radius 3 is 2.48 bits per heavy atom. The van der Waals surface area contributed by atoms with Gasteiger partial charge in [-0.2, -0.15) is 0 Å². The predicted molar refractivity (Wildman–Crippen MR) is 126 cm³/mol. The lowest BCUT2D eigenvalue weighted by Gasteiger charge is -2.16. The Kier molecular flexibility index (Phi) is 6.00. The van der Waals surface area contributed by atoms with Gasteiger partial charge in [0.2, 0.25) is 0 Å². The monoisotopic (exact) mass is 432 g/mol. The summed E-state index contributed by atoms with van der Waals surface area (Å²) < 4.78 is 12.5. The average Bonchev–Trinajstić information content (AvgIpc) is 2.79. The van der Waals surface area contributed by atoms with Crippen LogP contribution in [0.3, 0.4) is 0 Å². The summed E-state index contributed by atoms with van der Waals surface area (Å²) in [7, 11) is 3.18. The number of fused-ring (bicyclic) bond motifs is 1. The number of nitrogens with zero attached hydrogens (tertiary/aromatic N) is 2. The molecule has 0 aliphatic carbocycles. The molecule has 0 unspecified atom stereocenters. The Hall–Kier alpha value is -3.25. The van der Waals surface area contributed by atoms with Gasteiger partial charge in [0, 0.05) is 11.8 Å². The van der Waals surface area contributed by atoms with Crippen molar-refractivity contribution in [2.24, 2.45) is 0 Å². The van der Waals surface area contributed by atoms with Crippen molar-refractivity contribution in [3.8, 4) is 17.2 Å². The minimum absolute atomic E-state index is 0.128. The van der Waals surface area contributed by atoms with Crippen molar-refractivity contribution in [2.75, 3.05) is 14.2 Å². The summed E-state index contributed by atoms with van der Waals surface area (Å²) in [4.78, 5) is 18.3. The van der Waals surface area contributed by atoms with Crippen LogP contribution in [0.1, 0.15) is 16.7 Å². The van der Waals surface area contributed by atoms with Gasteiger partial charge in [0.1, 0.15) is 11.5 Å². The van der Waals surface area contributed by atoms with Crippen LogP contribution in [0.2, 0.25) is 0 Å². The third-order valence-corrected chi connectivity index (χ3v) is 6.32. The van der Waals surface area contributed by atoms with Gasteiger partial charge in [0.25, 0.3) is 5.56 Å². The molecular formula is C25H24N2O3S. The van der Waals surface area contributed by atoms with Crippen molar-refractivity contribution in [1.29, 1.82) is 0 Å². The molecule has 1 aromatic heterocycles. The molecule has 0 fully saturated rings. The van der Waals surface area contributed by atoms with Crippen molar-refractivity contribution in [3.63, 3.8) is 0 Å². The fraction of sp³-hybridized carbons (Fsp3) is 0.200. The van der Waals surface area contributed by atoms with Gasteiger partial charge in [0.15, 0.2) is 5.16 Å². The maximum absolute atomic E-state index is 13.5. The van der Waals surface area contributed by atoms with E-state index in [4.69, 9.17) is 14.5 Å². The van der Waals surface area contributed by atoms with E-state index in [1.54, 1.807) is 30.9 Å². The van der Waals surface area contributed by atoms with Gasteiger partial charge in [0.05, 0.1) is 30.8 Å². The maximum Gasteiger partial charge on any atom is 0.266 e. The molecule has 0 atom stereocenters. The number of methoxy groups -OCH3 is 2. The van der Waals surface area contributed by atoms with Crippen LogP contribution in [-0.4, -0.2) is 23.8 Å². The third-order valence-electron chi connectivity index (χ3n) is 5.31. The molecule has 0 bridgehead atoms. The molecule has 0 amide bonds. The lowest BCUT2D eigenvalue weighted by atomic mass is 10.1. The fourth-order valence-electron chi connectivity index (χ4n) is 3.43. The molecule has 0 saturated carbocycles. The topological polar surface area (TPSA) is 53.4 Å². The predicted octanol–water partition coefficient (Wildman–Crippen LogP) is 5.31. The number of ether oxygens (including phenoxy) is 2. The van der Waals surface area contributed by atoms with Gasteiger partial charge in [-0.3, -0.25) is 9.36 Å². The highest BCUT2D eigenvalue weighted by Crippen LogP contribution is 2.31. The van der Waals surface area contributed by atoms with Gasteiger partial charge in [-0.25, -0.2) is 4.98 Å². The van der Waals surface area contributed by atoms with E-state index in [0.717, 1.165) is 0 Å². The van der Waals surface area contributed by atoms with Crippen LogP contribution in [0.15, 0.2) is 70.6 Å². The summed E-state index contributed by atoms with van der Waals surface area (Å²) in [5.41, 5.74) is 4.88. The largest absolute Gasteiger partial charge is 0.497 e. The minimum atomic E-state index is -0.128. The van der Waals surface area contributed by atoms with E-state index in [-0.39, 0.29) is 5.56 Å². The van der Waals surface area contributed by atoms with Gasteiger partial charge >= 0.3 is 0 Å². The lowest BCUT2D eigenvalue weighted by molar-refractivity contribution is 0.392. The number of aromatic nitrogens is 2. The molecular weight excluding hydrogens is 408 g/mol. The van der Waals surface area contributed by atoms with Crippen molar-refractivity contribution < 1.29 is 9.47 Å². The average molecular weight is 433 g/mol. The highest BCUT2D eigenvalue weighted by atomic mass is 32.2. The minimum Gasteiger partial charge on any atom is -0.497 e. The highest BCUT2D eigenvalue weighted by molar-refractivity contribution is 7.98. The molecule has 0 aliphatic heterocycles. The number of aryl methyl sites for hydroxylation is 2. The number of thioether (sulfide) groups is 1. The van der Waals surface area contributed by atoms with Gasteiger partial charge < -0.3 is 9.47 Å². The quantitative estimate of drug-likeness (QED) is 0.305. The molecule has 158 valence electrons. The Morgan fingerprint density at radius 2 is 1.74 bits per heavy atom. The molecule has 6 heteroatoms. The zero-order valence-electron chi connectivity index (χ0n) is 18.0. The van der Waals surface area contributed by atoms with Crippen LogP contribution in [0, 0.1) is 13.8 Å². The number of para-hydroxylation sites is 1. The summed E-state index contributed by atoms with van der Waals surface area (Å²) in [5, 5.41) is 1.18. The lowest BCUT2D eigenvalue weighted by Crippen LogP contribution is -2.22. The molecule has 0 aliphatic rings. The smallest absolute Gasteiger partial charge is 0.266 e. The van der Waals surface area contributed by atoms with Crippen molar-refractivity contribution in [3.05, 3.63) is 87.7 Å². The Bertz CT molecular complexity index is 1310. The standard InChI is InChI=1S/C25H24N2O3S/c1-16-9-10-18(13-17(16)2)15-31-25-26-21-8-6-5-7-20(21)24(28)27(25)22-12-11-19(29-3)14-23(22)30-4/h5-14H,15H2,1-4H3. The van der Waals surface area contributed by atoms with Crippen LogP contribution in [0.4, 0.5) is 0 Å². The second-order valence-electron chi connectivity index (χ2n) is 7.30. The zero-order valence-corrected chi connectivity index (χ0v) is 18.8. The van der Waals surface area contributed by atoms with Crippen LogP contribution in [0.25, 0.3) is 16.6 Å². The number of benzene rings is 3. The SMILES string of the molecule is COc1ccc(-n2c(SCc3ccc(C)c(C)c3)nc3ccccc3c2=O)c(OC)c1. The second kappa shape index (κ2) is 8.86. The third kappa shape index (κ3) is 4.16. The van der Waals surface area contributed by atoms with E-state index in [0.29, 0.717) is 39.0 Å². The summed E-state index contributed by atoms with van der Waals surface area (Å²) in [6.45, 7) is 4.21. The molecule has 0 saturated heterocycles. The summed E-state index contributed by atoms with van der Waals surface area (Å²) >= 11 is 1.53. The molecule has 5 nitrogen and oxygen atoms in total. The van der Waals surface area contributed by atoms with Crippen LogP contribution >= 0.6 is 11.8 Å². The molecule has 1 heterocycles. The first-order chi connectivity index (χ1) is 15.0. The molecule has 4 aromatic rings. The van der Waals surface area contributed by atoms with Gasteiger partial charge in [-0.15, -0.1) is 0 Å². The highest BCUT2D eigenvalue weighted by Gasteiger charge is 2.17. The molecule has 3 aromatic carbocycles.